The standard InChI is InChI=1S/C50H30N4OS/c1-4-15-31(16-5-1)34-21-14-22-35(29-34)48-52-47(32-17-6-2-7-18-32)53-49(54-48)39-28-27-38(36-23-10-11-24-37(36)39)45-44-40-25-12-13-26-41(40)55-42(44)30-43-46(45)51-50(56-43)33-19-8-3-9-20-33/h1-30H. The third-order valence-corrected chi connectivity index (χ3v) is 11.4. The van der Waals surface area contributed by atoms with E-state index in [1.165, 1.54) is 0 Å². The molecule has 5 nitrogen and oxygen atoms in total. The van der Waals surface area contributed by atoms with E-state index in [-0.39, 0.29) is 0 Å². The lowest BCUT2D eigenvalue weighted by Gasteiger charge is -2.14. The number of fused-ring (bicyclic) bond motifs is 5. The summed E-state index contributed by atoms with van der Waals surface area (Å²) in [5.74, 6) is 1.85. The van der Waals surface area contributed by atoms with Gasteiger partial charge in [-0.1, -0.05) is 158 Å². The van der Waals surface area contributed by atoms with E-state index in [0.29, 0.717) is 17.5 Å². The van der Waals surface area contributed by atoms with Crippen molar-refractivity contribution in [2.45, 2.75) is 0 Å². The highest BCUT2D eigenvalue weighted by molar-refractivity contribution is 7.21. The normalized spacial score (nSPS) is 11.6. The molecule has 0 spiro atoms. The summed E-state index contributed by atoms with van der Waals surface area (Å²) in [5, 5.41) is 5.21. The van der Waals surface area contributed by atoms with Crippen molar-refractivity contribution in [3.63, 3.8) is 0 Å². The minimum absolute atomic E-state index is 0.610. The number of benzene rings is 8. The lowest BCUT2D eigenvalue weighted by molar-refractivity contribution is 0.669. The van der Waals surface area contributed by atoms with Gasteiger partial charge in [-0.3, -0.25) is 0 Å². The summed E-state index contributed by atoms with van der Waals surface area (Å²) in [6.07, 6.45) is 0. The number of aromatic nitrogens is 4. The lowest BCUT2D eigenvalue weighted by Crippen LogP contribution is -2.01. The molecule has 0 aliphatic rings. The highest BCUT2D eigenvalue weighted by atomic mass is 32.1. The molecule has 0 fully saturated rings. The molecule has 6 heteroatoms. The van der Waals surface area contributed by atoms with Crippen molar-refractivity contribution in [2.24, 2.45) is 0 Å². The first-order valence-corrected chi connectivity index (χ1v) is 19.4. The molecule has 3 heterocycles. The molecule has 0 aliphatic heterocycles. The summed E-state index contributed by atoms with van der Waals surface area (Å²) in [6, 6.07) is 62.6. The van der Waals surface area contributed by atoms with E-state index in [9.17, 15) is 0 Å². The fraction of sp³-hybridized carbons (Fsp3) is 0. The highest BCUT2D eigenvalue weighted by Gasteiger charge is 2.23. The lowest BCUT2D eigenvalue weighted by atomic mass is 9.91. The van der Waals surface area contributed by atoms with Crippen LogP contribution in [0.1, 0.15) is 0 Å². The first-order valence-electron chi connectivity index (χ1n) is 18.6. The van der Waals surface area contributed by atoms with Crippen LogP contribution in [0.4, 0.5) is 0 Å². The van der Waals surface area contributed by atoms with Gasteiger partial charge in [-0.25, -0.2) is 19.9 Å². The molecule has 262 valence electrons. The molecule has 0 saturated heterocycles. The van der Waals surface area contributed by atoms with Crippen LogP contribution in [0.25, 0.3) is 110 Å². The zero-order valence-corrected chi connectivity index (χ0v) is 30.7. The molecule has 3 aromatic heterocycles. The number of hydrogen-bond donors (Lipinski definition) is 0. The van der Waals surface area contributed by atoms with Gasteiger partial charge in [0.05, 0.1) is 10.2 Å². The van der Waals surface area contributed by atoms with Crippen molar-refractivity contribution in [3.8, 4) is 67.0 Å². The average molecular weight is 735 g/mol. The molecule has 0 saturated carbocycles. The predicted octanol–water partition coefficient (Wildman–Crippen LogP) is 13.5. The summed E-state index contributed by atoms with van der Waals surface area (Å²) in [4.78, 5) is 20.8. The van der Waals surface area contributed by atoms with Gasteiger partial charge >= 0.3 is 0 Å². The van der Waals surface area contributed by atoms with Gasteiger partial charge in [0.2, 0.25) is 0 Å². The van der Waals surface area contributed by atoms with Crippen molar-refractivity contribution in [1.29, 1.82) is 0 Å². The topological polar surface area (TPSA) is 64.7 Å². The molecule has 11 rings (SSSR count). The van der Waals surface area contributed by atoms with Crippen LogP contribution in [0.3, 0.4) is 0 Å². The van der Waals surface area contributed by atoms with Crippen molar-refractivity contribution in [2.75, 3.05) is 0 Å². The molecule has 0 bridgehead atoms. The van der Waals surface area contributed by atoms with E-state index in [1.54, 1.807) is 11.3 Å². The second-order valence-electron chi connectivity index (χ2n) is 13.8. The van der Waals surface area contributed by atoms with Crippen LogP contribution in [0.2, 0.25) is 0 Å². The van der Waals surface area contributed by atoms with Gasteiger partial charge < -0.3 is 4.42 Å². The molecule has 0 N–H and O–H groups in total. The summed E-state index contributed by atoms with van der Waals surface area (Å²) >= 11 is 1.69. The second-order valence-corrected chi connectivity index (χ2v) is 14.8. The van der Waals surface area contributed by atoms with Crippen LogP contribution in [0.5, 0.6) is 0 Å². The van der Waals surface area contributed by atoms with E-state index >= 15 is 0 Å². The molecule has 0 radical (unpaired) electrons. The van der Waals surface area contributed by atoms with E-state index in [0.717, 1.165) is 92.4 Å². The fourth-order valence-electron chi connectivity index (χ4n) is 7.76. The summed E-state index contributed by atoms with van der Waals surface area (Å²) < 4.78 is 7.62. The Bertz CT molecular complexity index is 3250. The molecular weight excluding hydrogens is 705 g/mol. The minimum atomic E-state index is 0.610. The van der Waals surface area contributed by atoms with E-state index < -0.39 is 0 Å². The second kappa shape index (κ2) is 13.2. The number of hydrogen-bond acceptors (Lipinski definition) is 6. The zero-order chi connectivity index (χ0) is 37.0. The van der Waals surface area contributed by atoms with Crippen LogP contribution in [0, 0.1) is 0 Å². The molecule has 0 aliphatic carbocycles. The fourth-order valence-corrected chi connectivity index (χ4v) is 8.77. The van der Waals surface area contributed by atoms with Gasteiger partial charge in [-0.05, 0) is 45.7 Å². The van der Waals surface area contributed by atoms with E-state index in [1.807, 2.05) is 54.6 Å². The minimum Gasteiger partial charge on any atom is -0.456 e. The molecule has 0 unspecified atom stereocenters. The average Bonchev–Trinajstić information content (AvgIpc) is 3.88. The summed E-state index contributed by atoms with van der Waals surface area (Å²) in [6.45, 7) is 0. The Hall–Kier alpha value is -7.28. The Labute approximate surface area is 326 Å². The zero-order valence-electron chi connectivity index (χ0n) is 29.9. The van der Waals surface area contributed by atoms with Crippen LogP contribution < -0.4 is 0 Å². The maximum Gasteiger partial charge on any atom is 0.164 e. The first kappa shape index (κ1) is 32.2. The van der Waals surface area contributed by atoms with Crippen molar-refractivity contribution in [3.05, 3.63) is 182 Å². The monoisotopic (exact) mass is 734 g/mol. The SMILES string of the molecule is c1ccc(-c2cccc(-c3nc(-c4ccccc4)nc(-c4ccc(-c5c6nc(-c7ccccc7)sc6cc6oc7ccccc7c56)c5ccccc45)n3)c2)cc1. The number of rotatable bonds is 6. The Kier molecular flexibility index (Phi) is 7.60. The smallest absolute Gasteiger partial charge is 0.164 e. The van der Waals surface area contributed by atoms with Gasteiger partial charge in [-0.15, -0.1) is 11.3 Å². The van der Waals surface area contributed by atoms with Gasteiger partial charge in [-0.2, -0.15) is 0 Å². The molecule has 56 heavy (non-hydrogen) atoms. The van der Waals surface area contributed by atoms with Gasteiger partial charge in [0.25, 0.3) is 0 Å². The molecule has 0 atom stereocenters. The van der Waals surface area contributed by atoms with Crippen LogP contribution in [0.15, 0.2) is 186 Å². The number of furan rings is 1. The number of nitrogens with zero attached hydrogens (tertiary/aromatic N) is 4. The van der Waals surface area contributed by atoms with E-state index in [2.05, 4.69) is 127 Å². The Balaban J connectivity index is 1.15. The molecule has 11 aromatic rings. The summed E-state index contributed by atoms with van der Waals surface area (Å²) in [7, 11) is 0. The number of para-hydroxylation sites is 1. The van der Waals surface area contributed by atoms with Crippen molar-refractivity contribution in [1.82, 2.24) is 19.9 Å². The third-order valence-electron chi connectivity index (χ3n) is 10.4. The quantitative estimate of drug-likeness (QED) is 0.170. The van der Waals surface area contributed by atoms with Gasteiger partial charge in [0.15, 0.2) is 17.5 Å². The van der Waals surface area contributed by atoms with Crippen LogP contribution in [-0.4, -0.2) is 19.9 Å². The van der Waals surface area contributed by atoms with Crippen molar-refractivity contribution < 1.29 is 4.42 Å². The van der Waals surface area contributed by atoms with Gasteiger partial charge in [0, 0.05) is 44.7 Å². The number of thiazole rings is 1. The van der Waals surface area contributed by atoms with E-state index in [4.69, 9.17) is 24.4 Å². The Morgan fingerprint density at radius 1 is 0.375 bits per heavy atom. The van der Waals surface area contributed by atoms with Crippen molar-refractivity contribution >= 4 is 54.3 Å². The molecule has 8 aromatic carbocycles. The predicted molar refractivity (Wildman–Crippen MR) is 230 cm³/mol. The van der Waals surface area contributed by atoms with Gasteiger partial charge in [0.1, 0.15) is 16.2 Å². The Morgan fingerprint density at radius 3 is 1.68 bits per heavy atom. The highest BCUT2D eigenvalue weighted by Crippen LogP contribution is 2.47. The third kappa shape index (κ3) is 5.46. The summed E-state index contributed by atoms with van der Waals surface area (Å²) in [5.41, 5.74) is 10.9. The molecule has 0 amide bonds. The first-order chi connectivity index (χ1) is 27.7. The Morgan fingerprint density at radius 2 is 0.929 bits per heavy atom. The van der Waals surface area contributed by atoms with Crippen LogP contribution >= 0.6 is 11.3 Å². The largest absolute Gasteiger partial charge is 0.456 e. The van der Waals surface area contributed by atoms with Crippen LogP contribution in [-0.2, 0) is 0 Å². The maximum atomic E-state index is 6.54. The molecular formula is C50H30N4OS. The maximum absolute atomic E-state index is 6.54.